The number of carbonyl (C=O) groups excluding carboxylic acids is 1. The van der Waals surface area contributed by atoms with Crippen molar-refractivity contribution < 1.29 is 9.21 Å². The highest BCUT2D eigenvalue weighted by Crippen LogP contribution is 2.15. The SMILES string of the molecule is O=C(Cc1ccoc1)NC1CCCN(c2ncccn2)C1. The normalized spacial score (nSPS) is 18.5. The largest absolute Gasteiger partial charge is 0.472 e. The van der Waals surface area contributed by atoms with Gasteiger partial charge in [0.15, 0.2) is 0 Å². The molecule has 1 unspecified atom stereocenters. The highest BCUT2D eigenvalue weighted by molar-refractivity contribution is 5.78. The van der Waals surface area contributed by atoms with Crippen LogP contribution in [0.3, 0.4) is 0 Å². The first-order chi connectivity index (χ1) is 10.3. The molecule has 3 heterocycles. The molecule has 1 saturated heterocycles. The number of carbonyl (C=O) groups is 1. The Balaban J connectivity index is 1.55. The maximum Gasteiger partial charge on any atom is 0.225 e. The third-order valence-electron chi connectivity index (χ3n) is 3.57. The van der Waals surface area contributed by atoms with Gasteiger partial charge < -0.3 is 14.6 Å². The van der Waals surface area contributed by atoms with Crippen molar-refractivity contribution in [3.8, 4) is 0 Å². The quantitative estimate of drug-likeness (QED) is 0.920. The Hall–Kier alpha value is -2.37. The predicted octanol–water partition coefficient (Wildman–Crippen LogP) is 1.40. The minimum absolute atomic E-state index is 0.0252. The number of hydrogen-bond donors (Lipinski definition) is 1. The lowest BCUT2D eigenvalue weighted by Gasteiger charge is -2.33. The zero-order chi connectivity index (χ0) is 14.5. The predicted molar refractivity (Wildman–Crippen MR) is 77.8 cm³/mol. The van der Waals surface area contributed by atoms with Crippen molar-refractivity contribution in [1.29, 1.82) is 0 Å². The maximum atomic E-state index is 12.0. The zero-order valence-corrected chi connectivity index (χ0v) is 11.7. The topological polar surface area (TPSA) is 71.3 Å². The fourth-order valence-electron chi connectivity index (χ4n) is 2.59. The second-order valence-corrected chi connectivity index (χ2v) is 5.21. The third-order valence-corrected chi connectivity index (χ3v) is 3.57. The molecule has 6 heteroatoms. The zero-order valence-electron chi connectivity index (χ0n) is 11.7. The van der Waals surface area contributed by atoms with Crippen LogP contribution in [-0.2, 0) is 11.2 Å². The average molecular weight is 286 g/mol. The molecule has 2 aromatic heterocycles. The second-order valence-electron chi connectivity index (χ2n) is 5.21. The first-order valence-corrected chi connectivity index (χ1v) is 7.13. The smallest absolute Gasteiger partial charge is 0.225 e. The lowest BCUT2D eigenvalue weighted by atomic mass is 10.1. The molecular weight excluding hydrogens is 268 g/mol. The minimum Gasteiger partial charge on any atom is -0.472 e. The molecule has 1 aliphatic heterocycles. The number of aromatic nitrogens is 2. The molecule has 1 fully saturated rings. The van der Waals surface area contributed by atoms with Gasteiger partial charge in [0, 0.05) is 31.5 Å². The van der Waals surface area contributed by atoms with Gasteiger partial charge in [-0.3, -0.25) is 4.79 Å². The van der Waals surface area contributed by atoms with Crippen LogP contribution in [0.1, 0.15) is 18.4 Å². The molecule has 21 heavy (non-hydrogen) atoms. The van der Waals surface area contributed by atoms with Gasteiger partial charge >= 0.3 is 0 Å². The fraction of sp³-hybridized carbons (Fsp3) is 0.400. The molecule has 1 amide bonds. The van der Waals surface area contributed by atoms with Gasteiger partial charge in [0.1, 0.15) is 0 Å². The molecule has 110 valence electrons. The summed E-state index contributed by atoms with van der Waals surface area (Å²) in [6.45, 7) is 1.68. The van der Waals surface area contributed by atoms with Crippen molar-refractivity contribution in [3.05, 3.63) is 42.6 Å². The summed E-state index contributed by atoms with van der Waals surface area (Å²) >= 11 is 0. The number of rotatable bonds is 4. The molecule has 1 atom stereocenters. The Bertz CT molecular complexity index is 571. The Labute approximate surface area is 123 Å². The Kier molecular flexibility index (Phi) is 4.14. The van der Waals surface area contributed by atoms with Gasteiger partial charge in [0.2, 0.25) is 11.9 Å². The van der Waals surface area contributed by atoms with Crippen molar-refractivity contribution in [3.63, 3.8) is 0 Å². The van der Waals surface area contributed by atoms with Crippen LogP contribution in [-0.4, -0.2) is 35.0 Å². The summed E-state index contributed by atoms with van der Waals surface area (Å²) < 4.78 is 4.98. The standard InChI is InChI=1S/C15H18N4O2/c20-14(9-12-4-8-21-11-12)18-13-3-1-7-19(10-13)15-16-5-2-6-17-15/h2,4-6,8,11,13H,1,3,7,9-10H2,(H,18,20). The first-order valence-electron chi connectivity index (χ1n) is 7.13. The monoisotopic (exact) mass is 286 g/mol. The summed E-state index contributed by atoms with van der Waals surface area (Å²) in [4.78, 5) is 22.7. The van der Waals surface area contributed by atoms with Crippen LogP contribution >= 0.6 is 0 Å². The molecule has 0 aliphatic carbocycles. The molecule has 0 bridgehead atoms. The van der Waals surface area contributed by atoms with Gasteiger partial charge in [-0.1, -0.05) is 0 Å². The minimum atomic E-state index is 0.0252. The van der Waals surface area contributed by atoms with E-state index in [2.05, 4.69) is 20.2 Å². The lowest BCUT2D eigenvalue weighted by Crippen LogP contribution is -2.48. The van der Waals surface area contributed by atoms with Gasteiger partial charge in [-0.05, 0) is 30.5 Å². The number of amides is 1. The Morgan fingerprint density at radius 3 is 3.05 bits per heavy atom. The Morgan fingerprint density at radius 2 is 2.29 bits per heavy atom. The van der Waals surface area contributed by atoms with Crippen molar-refractivity contribution in [2.45, 2.75) is 25.3 Å². The van der Waals surface area contributed by atoms with E-state index in [1.54, 1.807) is 31.0 Å². The fourth-order valence-corrected chi connectivity index (χ4v) is 2.59. The molecule has 0 radical (unpaired) electrons. The number of furan rings is 1. The van der Waals surface area contributed by atoms with Crippen LogP contribution < -0.4 is 10.2 Å². The van der Waals surface area contributed by atoms with E-state index in [0.717, 1.165) is 37.4 Å². The highest BCUT2D eigenvalue weighted by atomic mass is 16.3. The van der Waals surface area contributed by atoms with E-state index in [1.165, 1.54) is 0 Å². The van der Waals surface area contributed by atoms with Crippen molar-refractivity contribution in [1.82, 2.24) is 15.3 Å². The summed E-state index contributed by atoms with van der Waals surface area (Å²) in [5.74, 6) is 0.753. The van der Waals surface area contributed by atoms with Crippen LogP contribution in [0.2, 0.25) is 0 Å². The van der Waals surface area contributed by atoms with Gasteiger partial charge in [0.25, 0.3) is 0 Å². The molecular formula is C15H18N4O2. The highest BCUT2D eigenvalue weighted by Gasteiger charge is 2.22. The molecule has 1 aliphatic rings. The Morgan fingerprint density at radius 1 is 1.43 bits per heavy atom. The van der Waals surface area contributed by atoms with Crippen molar-refractivity contribution in [2.75, 3.05) is 18.0 Å². The van der Waals surface area contributed by atoms with E-state index in [-0.39, 0.29) is 11.9 Å². The van der Waals surface area contributed by atoms with E-state index in [1.807, 2.05) is 6.07 Å². The number of nitrogens with one attached hydrogen (secondary N) is 1. The summed E-state index contributed by atoms with van der Waals surface area (Å²) in [6.07, 6.45) is 9.03. The van der Waals surface area contributed by atoms with E-state index in [4.69, 9.17) is 4.42 Å². The molecule has 6 nitrogen and oxygen atoms in total. The molecule has 0 spiro atoms. The van der Waals surface area contributed by atoms with E-state index < -0.39 is 0 Å². The summed E-state index contributed by atoms with van der Waals surface area (Å²) in [5, 5.41) is 3.08. The van der Waals surface area contributed by atoms with E-state index in [9.17, 15) is 4.79 Å². The van der Waals surface area contributed by atoms with Gasteiger partial charge in [0.05, 0.1) is 18.9 Å². The van der Waals surface area contributed by atoms with Crippen LogP contribution in [0.4, 0.5) is 5.95 Å². The van der Waals surface area contributed by atoms with Crippen LogP contribution in [0.25, 0.3) is 0 Å². The number of hydrogen-bond acceptors (Lipinski definition) is 5. The summed E-state index contributed by atoms with van der Waals surface area (Å²) in [5.41, 5.74) is 0.895. The summed E-state index contributed by atoms with van der Waals surface area (Å²) in [6, 6.07) is 3.75. The van der Waals surface area contributed by atoms with Crippen molar-refractivity contribution >= 4 is 11.9 Å². The third kappa shape index (κ3) is 3.59. The van der Waals surface area contributed by atoms with Gasteiger partial charge in [-0.15, -0.1) is 0 Å². The first kappa shape index (κ1) is 13.6. The van der Waals surface area contributed by atoms with Crippen molar-refractivity contribution in [2.24, 2.45) is 0 Å². The molecule has 3 rings (SSSR count). The number of anilines is 1. The van der Waals surface area contributed by atoms with Gasteiger partial charge in [-0.25, -0.2) is 9.97 Å². The number of nitrogens with zero attached hydrogens (tertiary/aromatic N) is 3. The molecule has 2 aromatic rings. The second kappa shape index (κ2) is 6.39. The van der Waals surface area contributed by atoms with Crippen LogP contribution in [0.15, 0.2) is 41.5 Å². The molecule has 0 saturated carbocycles. The maximum absolute atomic E-state index is 12.0. The van der Waals surface area contributed by atoms with Crippen LogP contribution in [0.5, 0.6) is 0 Å². The molecule has 1 N–H and O–H groups in total. The van der Waals surface area contributed by atoms with Crippen LogP contribution in [0, 0.1) is 0 Å². The van der Waals surface area contributed by atoms with E-state index >= 15 is 0 Å². The summed E-state index contributed by atoms with van der Waals surface area (Å²) in [7, 11) is 0. The average Bonchev–Trinajstić information content (AvgIpc) is 3.01. The number of piperidine rings is 1. The van der Waals surface area contributed by atoms with Gasteiger partial charge in [-0.2, -0.15) is 0 Å². The molecule has 0 aromatic carbocycles. The van der Waals surface area contributed by atoms with E-state index in [0.29, 0.717) is 6.42 Å². The lowest BCUT2D eigenvalue weighted by molar-refractivity contribution is -0.121.